The van der Waals surface area contributed by atoms with Gasteiger partial charge >= 0.3 is 12.0 Å². The van der Waals surface area contributed by atoms with Crippen molar-refractivity contribution in [3.63, 3.8) is 0 Å². The van der Waals surface area contributed by atoms with E-state index in [0.717, 1.165) is 12.0 Å². The second kappa shape index (κ2) is 8.14. The van der Waals surface area contributed by atoms with Gasteiger partial charge in [-0.2, -0.15) is 0 Å². The van der Waals surface area contributed by atoms with E-state index < -0.39 is 17.9 Å². The fourth-order valence-electron chi connectivity index (χ4n) is 1.72. The molecule has 0 saturated heterocycles. The van der Waals surface area contributed by atoms with Crippen LogP contribution in [0.15, 0.2) is 24.3 Å². The maximum Gasteiger partial charge on any atom is 0.315 e. The van der Waals surface area contributed by atoms with Crippen LogP contribution < -0.4 is 10.6 Å². The fraction of sp³-hybridized carbons (Fsp3) is 0.429. The molecule has 1 aromatic carbocycles. The Balaban J connectivity index is 2.32. The molecule has 0 aliphatic carbocycles. The summed E-state index contributed by atoms with van der Waals surface area (Å²) < 4.78 is 12.7. The van der Waals surface area contributed by atoms with Gasteiger partial charge in [-0.25, -0.2) is 9.18 Å². The number of rotatable bonds is 7. The summed E-state index contributed by atoms with van der Waals surface area (Å²) in [4.78, 5) is 22.4. The Kier molecular flexibility index (Phi) is 6.49. The SMILES string of the molecule is CCCC(CNC(=O)NCc1ccc(F)cc1)C(=O)O. The van der Waals surface area contributed by atoms with Crippen molar-refractivity contribution in [1.29, 1.82) is 0 Å². The number of carboxylic acid groups (broad SMARTS) is 1. The van der Waals surface area contributed by atoms with E-state index in [4.69, 9.17) is 5.11 Å². The maximum atomic E-state index is 12.7. The first-order chi connectivity index (χ1) is 9.52. The molecule has 6 heteroatoms. The first-order valence-corrected chi connectivity index (χ1v) is 6.52. The molecule has 0 aromatic heterocycles. The summed E-state index contributed by atoms with van der Waals surface area (Å²) in [7, 11) is 0. The molecule has 110 valence electrons. The molecule has 0 aliphatic heterocycles. The summed E-state index contributed by atoms with van der Waals surface area (Å²) in [5.74, 6) is -1.82. The van der Waals surface area contributed by atoms with Crippen LogP contribution in [0.5, 0.6) is 0 Å². The van der Waals surface area contributed by atoms with Crippen LogP contribution in [0, 0.1) is 11.7 Å². The number of carbonyl (C=O) groups is 2. The average Bonchev–Trinajstić information content (AvgIpc) is 2.42. The minimum absolute atomic E-state index is 0.0957. The highest BCUT2D eigenvalue weighted by atomic mass is 19.1. The molecule has 1 atom stereocenters. The summed E-state index contributed by atoms with van der Waals surface area (Å²) >= 11 is 0. The van der Waals surface area contributed by atoms with Gasteiger partial charge in [0.05, 0.1) is 5.92 Å². The standard InChI is InChI=1S/C14H19FN2O3/c1-2-3-11(13(18)19)9-17-14(20)16-8-10-4-6-12(15)7-5-10/h4-7,11H,2-3,8-9H2,1H3,(H,18,19)(H2,16,17,20). The summed E-state index contributed by atoms with van der Waals surface area (Å²) in [6, 6.07) is 5.35. The van der Waals surface area contributed by atoms with Crippen LogP contribution in [0.1, 0.15) is 25.3 Å². The number of nitrogens with one attached hydrogen (secondary N) is 2. The predicted molar refractivity (Wildman–Crippen MR) is 72.7 cm³/mol. The summed E-state index contributed by atoms with van der Waals surface area (Å²) in [6.45, 7) is 2.25. The molecule has 0 saturated carbocycles. The topological polar surface area (TPSA) is 78.4 Å². The monoisotopic (exact) mass is 282 g/mol. The smallest absolute Gasteiger partial charge is 0.315 e. The van der Waals surface area contributed by atoms with Gasteiger partial charge in [0.2, 0.25) is 0 Å². The largest absolute Gasteiger partial charge is 0.481 e. The predicted octanol–water partition coefficient (Wildman–Crippen LogP) is 2.13. The number of carbonyl (C=O) groups excluding carboxylic acids is 1. The lowest BCUT2D eigenvalue weighted by molar-refractivity contribution is -0.141. The van der Waals surface area contributed by atoms with E-state index in [0.29, 0.717) is 6.42 Å². The Bertz CT molecular complexity index is 448. The Morgan fingerprint density at radius 2 is 1.90 bits per heavy atom. The molecule has 2 amide bonds. The molecule has 1 rings (SSSR count). The van der Waals surface area contributed by atoms with E-state index in [-0.39, 0.29) is 18.9 Å². The third-order valence-corrected chi connectivity index (χ3v) is 2.86. The Labute approximate surface area is 117 Å². The van der Waals surface area contributed by atoms with Crippen molar-refractivity contribution in [2.45, 2.75) is 26.3 Å². The van der Waals surface area contributed by atoms with Crippen LogP contribution in [0.2, 0.25) is 0 Å². The van der Waals surface area contributed by atoms with Crippen molar-refractivity contribution in [3.8, 4) is 0 Å². The van der Waals surface area contributed by atoms with E-state index in [1.807, 2.05) is 6.92 Å². The van der Waals surface area contributed by atoms with Crippen LogP contribution in [-0.4, -0.2) is 23.7 Å². The summed E-state index contributed by atoms with van der Waals surface area (Å²) in [5.41, 5.74) is 0.768. The quantitative estimate of drug-likeness (QED) is 0.717. The number of urea groups is 1. The molecular formula is C14H19FN2O3. The van der Waals surface area contributed by atoms with Crippen LogP contribution in [0.3, 0.4) is 0 Å². The van der Waals surface area contributed by atoms with Crippen molar-refractivity contribution in [2.75, 3.05) is 6.54 Å². The van der Waals surface area contributed by atoms with Crippen LogP contribution in [-0.2, 0) is 11.3 Å². The zero-order chi connectivity index (χ0) is 15.0. The van der Waals surface area contributed by atoms with Crippen molar-refractivity contribution in [1.82, 2.24) is 10.6 Å². The first-order valence-electron chi connectivity index (χ1n) is 6.52. The molecule has 3 N–H and O–H groups in total. The van der Waals surface area contributed by atoms with Gasteiger partial charge in [-0.3, -0.25) is 4.79 Å². The molecule has 5 nitrogen and oxygen atoms in total. The van der Waals surface area contributed by atoms with Gasteiger partial charge in [0, 0.05) is 13.1 Å². The number of hydrogen-bond acceptors (Lipinski definition) is 2. The Hall–Kier alpha value is -2.11. The van der Waals surface area contributed by atoms with Gasteiger partial charge in [0.1, 0.15) is 5.82 Å². The normalized spacial score (nSPS) is 11.7. The molecule has 20 heavy (non-hydrogen) atoms. The van der Waals surface area contributed by atoms with Crippen LogP contribution in [0.4, 0.5) is 9.18 Å². The molecular weight excluding hydrogens is 263 g/mol. The molecule has 0 fully saturated rings. The van der Waals surface area contributed by atoms with Crippen molar-refractivity contribution < 1.29 is 19.1 Å². The highest BCUT2D eigenvalue weighted by Crippen LogP contribution is 2.05. The first kappa shape index (κ1) is 15.9. The Morgan fingerprint density at radius 1 is 1.25 bits per heavy atom. The van der Waals surface area contributed by atoms with Crippen molar-refractivity contribution >= 4 is 12.0 Å². The van der Waals surface area contributed by atoms with Gasteiger partial charge in [-0.1, -0.05) is 25.5 Å². The summed E-state index contributed by atoms with van der Waals surface area (Å²) in [5, 5.41) is 14.1. The highest BCUT2D eigenvalue weighted by Gasteiger charge is 2.16. The lowest BCUT2D eigenvalue weighted by Crippen LogP contribution is -2.39. The number of benzene rings is 1. The Morgan fingerprint density at radius 3 is 2.45 bits per heavy atom. The molecule has 0 spiro atoms. The molecule has 0 bridgehead atoms. The van der Waals surface area contributed by atoms with Crippen molar-refractivity contribution in [2.24, 2.45) is 5.92 Å². The number of amides is 2. The fourth-order valence-corrected chi connectivity index (χ4v) is 1.72. The van der Waals surface area contributed by atoms with Gasteiger partial charge in [0.15, 0.2) is 0 Å². The van der Waals surface area contributed by atoms with Gasteiger partial charge < -0.3 is 15.7 Å². The number of aliphatic carboxylic acids is 1. The minimum Gasteiger partial charge on any atom is -0.481 e. The highest BCUT2D eigenvalue weighted by molar-refractivity contribution is 5.75. The number of carboxylic acids is 1. The molecule has 1 unspecified atom stereocenters. The third kappa shape index (κ3) is 5.69. The van der Waals surface area contributed by atoms with Gasteiger partial charge in [-0.05, 0) is 24.1 Å². The summed E-state index contributed by atoms with van der Waals surface area (Å²) in [6.07, 6.45) is 1.27. The third-order valence-electron chi connectivity index (χ3n) is 2.86. The number of hydrogen-bond donors (Lipinski definition) is 3. The van der Waals surface area contributed by atoms with E-state index >= 15 is 0 Å². The minimum atomic E-state index is -0.911. The lowest BCUT2D eigenvalue weighted by Gasteiger charge is -2.13. The second-order valence-corrected chi connectivity index (χ2v) is 4.51. The van der Waals surface area contributed by atoms with Gasteiger partial charge in [-0.15, -0.1) is 0 Å². The lowest BCUT2D eigenvalue weighted by atomic mass is 10.0. The van der Waals surface area contributed by atoms with E-state index in [1.54, 1.807) is 12.1 Å². The van der Waals surface area contributed by atoms with Gasteiger partial charge in [0.25, 0.3) is 0 Å². The average molecular weight is 282 g/mol. The molecule has 1 aromatic rings. The maximum absolute atomic E-state index is 12.7. The van der Waals surface area contributed by atoms with Crippen LogP contribution in [0.25, 0.3) is 0 Å². The van der Waals surface area contributed by atoms with E-state index in [9.17, 15) is 14.0 Å². The second-order valence-electron chi connectivity index (χ2n) is 4.51. The zero-order valence-corrected chi connectivity index (χ0v) is 11.4. The van der Waals surface area contributed by atoms with E-state index in [1.165, 1.54) is 12.1 Å². The zero-order valence-electron chi connectivity index (χ0n) is 11.4. The molecule has 0 heterocycles. The van der Waals surface area contributed by atoms with E-state index in [2.05, 4.69) is 10.6 Å². The van der Waals surface area contributed by atoms with Crippen LogP contribution >= 0.6 is 0 Å². The molecule has 0 aliphatic rings. The van der Waals surface area contributed by atoms with Crippen molar-refractivity contribution in [3.05, 3.63) is 35.6 Å². The molecule has 0 radical (unpaired) electrons. The number of halogens is 1.